The summed E-state index contributed by atoms with van der Waals surface area (Å²) in [6.07, 6.45) is 5.40. The maximum absolute atomic E-state index is 11.1. The molecule has 0 N–H and O–H groups in total. The predicted molar refractivity (Wildman–Crippen MR) is 55.6 cm³/mol. The van der Waals surface area contributed by atoms with Gasteiger partial charge in [-0.25, -0.2) is 9.97 Å². The van der Waals surface area contributed by atoms with Crippen molar-refractivity contribution < 1.29 is 4.79 Å². The van der Waals surface area contributed by atoms with Gasteiger partial charge in [0.15, 0.2) is 10.9 Å². The second-order valence-electron chi connectivity index (χ2n) is 2.34. The molecule has 0 fully saturated rings. The van der Waals surface area contributed by atoms with E-state index in [-0.39, 0.29) is 5.78 Å². The lowest BCUT2D eigenvalue weighted by Crippen LogP contribution is -2.00. The molecule has 0 bridgehead atoms. The Hall–Kier alpha value is -0.550. The Kier molecular flexibility index (Phi) is 3.74. The Labute approximate surface area is 85.7 Å². The number of hydrogen-bond donors (Lipinski definition) is 0. The Bertz CT molecular complexity index is 328. The topological polar surface area (TPSA) is 42.9 Å². The molecule has 70 valence electrons. The van der Waals surface area contributed by atoms with Crippen LogP contribution in [0.15, 0.2) is 16.4 Å². The van der Waals surface area contributed by atoms with Gasteiger partial charge in [-0.1, -0.05) is 11.8 Å². The monoisotopic (exact) mass is 214 g/mol. The maximum atomic E-state index is 11.1. The first kappa shape index (κ1) is 10.5. The van der Waals surface area contributed by atoms with Crippen LogP contribution >= 0.6 is 23.5 Å². The molecule has 1 aromatic heterocycles. The van der Waals surface area contributed by atoms with Crippen molar-refractivity contribution in [2.45, 2.75) is 17.1 Å². The molecule has 1 heterocycles. The first-order valence-corrected chi connectivity index (χ1v) is 6.10. The quantitative estimate of drug-likeness (QED) is 0.334. The van der Waals surface area contributed by atoms with Crippen LogP contribution in [0.2, 0.25) is 0 Å². The Morgan fingerprint density at radius 2 is 2.08 bits per heavy atom. The number of Topliss-reactive ketones (excluding diaryl/α,β-unsaturated/α-hetero) is 1. The second-order valence-corrected chi connectivity index (χ2v) is 3.90. The second kappa shape index (κ2) is 4.62. The number of carbonyl (C=O) groups is 1. The van der Waals surface area contributed by atoms with Crippen LogP contribution in [-0.4, -0.2) is 28.3 Å². The molecule has 0 aliphatic carbocycles. The lowest BCUT2D eigenvalue weighted by atomic mass is 10.2. The third-order valence-corrected chi connectivity index (χ3v) is 2.75. The van der Waals surface area contributed by atoms with Crippen molar-refractivity contribution in [2.24, 2.45) is 0 Å². The van der Waals surface area contributed by atoms with E-state index in [0.717, 1.165) is 5.03 Å². The zero-order valence-electron chi connectivity index (χ0n) is 7.70. The average Bonchev–Trinajstić information content (AvgIpc) is 2.16. The molecule has 5 heteroatoms. The van der Waals surface area contributed by atoms with Crippen LogP contribution in [0.5, 0.6) is 0 Å². The van der Waals surface area contributed by atoms with Crippen LogP contribution in [0.4, 0.5) is 0 Å². The van der Waals surface area contributed by atoms with E-state index in [1.165, 1.54) is 30.4 Å². The molecule has 0 unspecified atom stereocenters. The first-order chi connectivity index (χ1) is 6.19. The van der Waals surface area contributed by atoms with Crippen LogP contribution in [0.1, 0.15) is 17.3 Å². The van der Waals surface area contributed by atoms with Crippen molar-refractivity contribution in [1.29, 1.82) is 0 Å². The summed E-state index contributed by atoms with van der Waals surface area (Å²) >= 11 is 2.94. The van der Waals surface area contributed by atoms with E-state index in [4.69, 9.17) is 0 Å². The van der Waals surface area contributed by atoms with Gasteiger partial charge in [0, 0.05) is 6.20 Å². The van der Waals surface area contributed by atoms with Gasteiger partial charge in [0.25, 0.3) is 0 Å². The smallest absolute Gasteiger partial charge is 0.188 e. The van der Waals surface area contributed by atoms with Crippen molar-refractivity contribution in [3.8, 4) is 0 Å². The third-order valence-electron chi connectivity index (χ3n) is 1.49. The number of hydrogen-bond acceptors (Lipinski definition) is 5. The molecule has 0 aliphatic rings. The van der Waals surface area contributed by atoms with E-state index in [0.29, 0.717) is 10.7 Å². The summed E-state index contributed by atoms with van der Waals surface area (Å²) in [6.45, 7) is 1.52. The molecule has 3 nitrogen and oxygen atoms in total. The van der Waals surface area contributed by atoms with E-state index in [1.54, 1.807) is 6.20 Å². The minimum atomic E-state index is 0.0111. The van der Waals surface area contributed by atoms with Gasteiger partial charge in [-0.2, -0.15) is 0 Å². The number of carbonyl (C=O) groups excluding carboxylic acids is 1. The molecule has 0 radical (unpaired) electrons. The zero-order valence-corrected chi connectivity index (χ0v) is 9.33. The normalized spacial score (nSPS) is 10.1. The van der Waals surface area contributed by atoms with Crippen molar-refractivity contribution >= 4 is 29.3 Å². The van der Waals surface area contributed by atoms with Gasteiger partial charge in [0.2, 0.25) is 0 Å². The summed E-state index contributed by atoms with van der Waals surface area (Å²) in [5.74, 6) is 0.0111. The van der Waals surface area contributed by atoms with Gasteiger partial charge >= 0.3 is 0 Å². The fraction of sp³-hybridized carbons (Fsp3) is 0.375. The number of nitrogens with zero attached hydrogens (tertiary/aromatic N) is 2. The lowest BCUT2D eigenvalue weighted by molar-refractivity contribution is 0.101. The van der Waals surface area contributed by atoms with E-state index in [1.807, 2.05) is 12.5 Å². The maximum Gasteiger partial charge on any atom is 0.188 e. The van der Waals surface area contributed by atoms with Crippen LogP contribution in [0, 0.1) is 0 Å². The zero-order chi connectivity index (χ0) is 9.84. The molecule has 1 rings (SSSR count). The summed E-state index contributed by atoms with van der Waals surface area (Å²) in [4.78, 5) is 19.4. The summed E-state index contributed by atoms with van der Waals surface area (Å²) in [6, 6.07) is 0. The molecular weight excluding hydrogens is 204 g/mol. The summed E-state index contributed by atoms with van der Waals surface area (Å²) < 4.78 is 0. The summed E-state index contributed by atoms with van der Waals surface area (Å²) in [5, 5.41) is 1.46. The fourth-order valence-corrected chi connectivity index (χ4v) is 1.84. The van der Waals surface area contributed by atoms with Crippen LogP contribution < -0.4 is 0 Å². The lowest BCUT2D eigenvalue weighted by Gasteiger charge is -2.03. The fourth-order valence-electron chi connectivity index (χ4n) is 0.846. The molecule has 0 amide bonds. The Morgan fingerprint density at radius 1 is 1.38 bits per heavy atom. The molecular formula is C8H10N2OS2. The largest absolute Gasteiger partial charge is 0.294 e. The van der Waals surface area contributed by atoms with Gasteiger partial charge < -0.3 is 0 Å². The molecule has 0 saturated carbocycles. The number of aromatic nitrogens is 2. The van der Waals surface area contributed by atoms with Crippen molar-refractivity contribution in [3.05, 3.63) is 11.8 Å². The van der Waals surface area contributed by atoms with Crippen molar-refractivity contribution in [2.75, 3.05) is 12.5 Å². The first-order valence-electron chi connectivity index (χ1n) is 3.65. The van der Waals surface area contributed by atoms with Crippen molar-refractivity contribution in [3.63, 3.8) is 0 Å². The Morgan fingerprint density at radius 3 is 2.54 bits per heavy atom. The summed E-state index contributed by atoms with van der Waals surface area (Å²) in [5.41, 5.74) is 0.602. The highest BCUT2D eigenvalue weighted by Crippen LogP contribution is 2.20. The molecule has 0 atom stereocenters. The predicted octanol–water partition coefficient (Wildman–Crippen LogP) is 2.12. The van der Waals surface area contributed by atoms with Gasteiger partial charge in [-0.15, -0.1) is 11.8 Å². The summed E-state index contributed by atoms with van der Waals surface area (Å²) in [7, 11) is 0. The molecule has 0 aliphatic heterocycles. The minimum Gasteiger partial charge on any atom is -0.294 e. The van der Waals surface area contributed by atoms with Gasteiger partial charge in [0.05, 0.1) is 5.56 Å². The van der Waals surface area contributed by atoms with Crippen LogP contribution in [-0.2, 0) is 0 Å². The van der Waals surface area contributed by atoms with Gasteiger partial charge in [-0.3, -0.25) is 4.79 Å². The van der Waals surface area contributed by atoms with E-state index in [9.17, 15) is 4.79 Å². The highest BCUT2D eigenvalue weighted by Gasteiger charge is 2.09. The Balaban J connectivity index is 3.15. The van der Waals surface area contributed by atoms with Gasteiger partial charge in [0.1, 0.15) is 5.03 Å². The minimum absolute atomic E-state index is 0.0111. The van der Waals surface area contributed by atoms with Crippen molar-refractivity contribution in [1.82, 2.24) is 9.97 Å². The van der Waals surface area contributed by atoms with Crippen LogP contribution in [0.3, 0.4) is 0 Å². The number of thioether (sulfide) groups is 2. The highest BCUT2D eigenvalue weighted by atomic mass is 32.2. The molecule has 0 aromatic carbocycles. The molecule has 0 saturated heterocycles. The van der Waals surface area contributed by atoms with Crippen LogP contribution in [0.25, 0.3) is 0 Å². The van der Waals surface area contributed by atoms with E-state index < -0.39 is 0 Å². The van der Waals surface area contributed by atoms with E-state index >= 15 is 0 Å². The SMILES string of the molecule is CSc1ncc(C(C)=O)c(SC)n1. The highest BCUT2D eigenvalue weighted by molar-refractivity contribution is 7.99. The standard InChI is InChI=1S/C8H10N2OS2/c1-5(11)6-4-9-8(13-3)10-7(6)12-2/h4H,1-3H3. The van der Waals surface area contributed by atoms with E-state index in [2.05, 4.69) is 9.97 Å². The molecule has 13 heavy (non-hydrogen) atoms. The molecule has 1 aromatic rings. The molecule has 0 spiro atoms. The average molecular weight is 214 g/mol. The number of rotatable bonds is 3. The number of ketones is 1. The third kappa shape index (κ3) is 2.45. The van der Waals surface area contributed by atoms with Gasteiger partial charge in [-0.05, 0) is 19.4 Å².